The maximum Gasteiger partial charge on any atom is 0.328 e. The Kier molecular flexibility index (Phi) is 9.54. The number of carbonyl (C=O) groups is 2. The second-order valence-corrected chi connectivity index (χ2v) is 4.92. The van der Waals surface area contributed by atoms with E-state index in [1.165, 1.54) is 36.2 Å². The van der Waals surface area contributed by atoms with Crippen molar-refractivity contribution in [2.75, 3.05) is 19.6 Å². The maximum atomic E-state index is 9.53. The monoisotopic (exact) mass is 307 g/mol. The summed E-state index contributed by atoms with van der Waals surface area (Å²) in [6.07, 6.45) is 0.942. The number of carbonyl (C=O) groups excluding carboxylic acids is 1. The molecule has 0 aliphatic rings. The zero-order valence-electron chi connectivity index (χ0n) is 13.5. The maximum absolute atomic E-state index is 9.53. The fraction of sp³-hybridized carbons (Fsp3) is 0.412. The lowest BCUT2D eigenvalue weighted by molar-refractivity contribution is -0.936. The Bertz CT molecular complexity index is 454. The molecule has 0 radical (unpaired) electrons. The summed E-state index contributed by atoms with van der Waals surface area (Å²) in [6, 6.07) is 10.8. The van der Waals surface area contributed by atoms with Gasteiger partial charge in [0, 0.05) is 11.6 Å². The molecule has 0 aromatic heterocycles. The van der Waals surface area contributed by atoms with Gasteiger partial charge >= 0.3 is 5.97 Å². The van der Waals surface area contributed by atoms with E-state index in [2.05, 4.69) is 51.1 Å². The van der Waals surface area contributed by atoms with Crippen molar-refractivity contribution >= 4 is 11.9 Å². The number of rotatable bonds is 7. The van der Waals surface area contributed by atoms with Gasteiger partial charge < -0.3 is 19.5 Å². The summed E-state index contributed by atoms with van der Waals surface area (Å²) in [7, 11) is 0. The standard InChI is InChI=1S/C13H22N.C4H4O4/c1-4-14(5-2,6-3)12-13-10-8-7-9-11-13;5-3(6)1-2-4(7)8/h7-11H,4-6,12H2,1-3H3;1-2H,(H,5,6)(H,7,8)/q+1;/p-1. The highest BCUT2D eigenvalue weighted by molar-refractivity contribution is 5.88. The van der Waals surface area contributed by atoms with E-state index in [-0.39, 0.29) is 0 Å². The number of benzene rings is 1. The SMILES string of the molecule is CC[N+](CC)(CC)Cc1ccccc1.O=C([O-])C=CC(=O)O. The number of hydrogen-bond acceptors (Lipinski definition) is 3. The van der Waals surface area contributed by atoms with Crippen LogP contribution in [0.4, 0.5) is 0 Å². The summed E-state index contributed by atoms with van der Waals surface area (Å²) in [5.41, 5.74) is 1.46. The Balaban J connectivity index is 0.000000472. The van der Waals surface area contributed by atoms with Crippen molar-refractivity contribution in [2.45, 2.75) is 27.3 Å². The molecular formula is C17H25NO4. The largest absolute Gasteiger partial charge is 0.545 e. The van der Waals surface area contributed by atoms with Crippen molar-refractivity contribution in [2.24, 2.45) is 0 Å². The number of hydrogen-bond donors (Lipinski definition) is 1. The highest BCUT2D eigenvalue weighted by atomic mass is 16.4. The highest BCUT2D eigenvalue weighted by Crippen LogP contribution is 2.13. The molecule has 0 aliphatic heterocycles. The number of carboxylic acid groups (broad SMARTS) is 2. The Morgan fingerprint density at radius 3 is 1.86 bits per heavy atom. The molecule has 0 spiro atoms. The molecule has 5 nitrogen and oxygen atoms in total. The van der Waals surface area contributed by atoms with Crippen molar-refractivity contribution < 1.29 is 24.3 Å². The summed E-state index contributed by atoms with van der Waals surface area (Å²) in [5.74, 6) is -2.80. The Hall–Kier alpha value is -2.14. The van der Waals surface area contributed by atoms with Gasteiger partial charge in [0.1, 0.15) is 6.54 Å². The summed E-state index contributed by atoms with van der Waals surface area (Å²) < 4.78 is 1.20. The molecule has 1 rings (SSSR count). The van der Waals surface area contributed by atoms with Crippen molar-refractivity contribution in [1.29, 1.82) is 0 Å². The molecular weight excluding hydrogens is 282 g/mol. The van der Waals surface area contributed by atoms with E-state index in [1.807, 2.05) is 0 Å². The molecule has 0 fully saturated rings. The zero-order valence-corrected chi connectivity index (χ0v) is 13.5. The Morgan fingerprint density at radius 1 is 1.05 bits per heavy atom. The van der Waals surface area contributed by atoms with E-state index in [9.17, 15) is 14.7 Å². The molecule has 1 N–H and O–H groups in total. The lowest BCUT2D eigenvalue weighted by atomic mass is 10.2. The number of aliphatic carboxylic acids is 2. The van der Waals surface area contributed by atoms with Crippen LogP contribution in [-0.2, 0) is 16.1 Å². The summed E-state index contributed by atoms with van der Waals surface area (Å²) >= 11 is 0. The van der Waals surface area contributed by atoms with Crippen LogP contribution in [0.5, 0.6) is 0 Å². The third-order valence-electron chi connectivity index (χ3n) is 3.74. The second-order valence-electron chi connectivity index (χ2n) is 4.92. The quantitative estimate of drug-likeness (QED) is 0.611. The molecule has 0 saturated carbocycles. The van der Waals surface area contributed by atoms with Crippen LogP contribution in [0.25, 0.3) is 0 Å². The number of quaternary nitrogens is 1. The smallest absolute Gasteiger partial charge is 0.328 e. The van der Waals surface area contributed by atoms with Crippen LogP contribution in [0.1, 0.15) is 26.3 Å². The van der Waals surface area contributed by atoms with Crippen molar-refractivity contribution in [3.05, 3.63) is 48.0 Å². The predicted octanol–water partition coefficient (Wildman–Crippen LogP) is 1.44. The van der Waals surface area contributed by atoms with Crippen LogP contribution in [0.15, 0.2) is 42.5 Å². The van der Waals surface area contributed by atoms with Crippen LogP contribution in [-0.4, -0.2) is 41.2 Å². The molecule has 0 saturated heterocycles. The minimum atomic E-state index is -1.51. The first-order valence-electron chi connectivity index (χ1n) is 7.40. The van der Waals surface area contributed by atoms with Gasteiger partial charge in [0.2, 0.25) is 0 Å². The topological polar surface area (TPSA) is 77.4 Å². The number of carboxylic acids is 2. The predicted molar refractivity (Wildman–Crippen MR) is 83.8 cm³/mol. The summed E-state index contributed by atoms with van der Waals surface area (Å²) in [6.45, 7) is 11.7. The van der Waals surface area contributed by atoms with Gasteiger partial charge in [-0.25, -0.2) is 4.79 Å². The highest BCUT2D eigenvalue weighted by Gasteiger charge is 2.20. The van der Waals surface area contributed by atoms with E-state index in [4.69, 9.17) is 5.11 Å². The molecule has 22 heavy (non-hydrogen) atoms. The molecule has 0 unspecified atom stereocenters. The van der Waals surface area contributed by atoms with Crippen LogP contribution in [0.2, 0.25) is 0 Å². The first kappa shape index (κ1) is 19.9. The molecule has 0 bridgehead atoms. The zero-order chi connectivity index (χ0) is 17.0. The first-order chi connectivity index (χ1) is 10.4. The van der Waals surface area contributed by atoms with E-state index in [1.54, 1.807) is 0 Å². The molecule has 1 aromatic carbocycles. The normalized spacial score (nSPS) is 10.9. The van der Waals surface area contributed by atoms with Crippen molar-refractivity contribution in [3.8, 4) is 0 Å². The molecule has 0 heterocycles. The molecule has 5 heteroatoms. The van der Waals surface area contributed by atoms with Gasteiger partial charge in [0.25, 0.3) is 0 Å². The van der Waals surface area contributed by atoms with Gasteiger partial charge in [-0.3, -0.25) is 0 Å². The van der Waals surface area contributed by atoms with Crippen LogP contribution in [0.3, 0.4) is 0 Å². The fourth-order valence-corrected chi connectivity index (χ4v) is 2.12. The van der Waals surface area contributed by atoms with E-state index >= 15 is 0 Å². The van der Waals surface area contributed by atoms with Crippen molar-refractivity contribution in [3.63, 3.8) is 0 Å². The Labute approximate surface area is 132 Å². The van der Waals surface area contributed by atoms with Crippen LogP contribution < -0.4 is 5.11 Å². The van der Waals surface area contributed by atoms with Crippen LogP contribution in [0, 0.1) is 0 Å². The van der Waals surface area contributed by atoms with Gasteiger partial charge in [-0.05, 0) is 26.8 Å². The summed E-state index contributed by atoms with van der Waals surface area (Å²) in [5, 5.41) is 17.2. The van der Waals surface area contributed by atoms with E-state index < -0.39 is 11.9 Å². The minimum absolute atomic E-state index is 0.447. The Morgan fingerprint density at radius 2 is 1.55 bits per heavy atom. The first-order valence-corrected chi connectivity index (χ1v) is 7.40. The van der Waals surface area contributed by atoms with Gasteiger partial charge in [0.05, 0.1) is 25.6 Å². The van der Waals surface area contributed by atoms with E-state index in [0.29, 0.717) is 12.2 Å². The average Bonchev–Trinajstić information content (AvgIpc) is 2.52. The molecule has 1 aromatic rings. The van der Waals surface area contributed by atoms with Crippen LogP contribution >= 0.6 is 0 Å². The molecule has 0 aliphatic carbocycles. The summed E-state index contributed by atoms with van der Waals surface area (Å²) in [4.78, 5) is 19.0. The fourth-order valence-electron chi connectivity index (χ4n) is 2.12. The third kappa shape index (κ3) is 8.21. The molecule has 122 valence electrons. The van der Waals surface area contributed by atoms with Gasteiger partial charge in [0.15, 0.2) is 0 Å². The average molecular weight is 307 g/mol. The van der Waals surface area contributed by atoms with Gasteiger partial charge in [-0.15, -0.1) is 0 Å². The molecule has 0 amide bonds. The van der Waals surface area contributed by atoms with Crippen molar-refractivity contribution in [1.82, 2.24) is 0 Å². The molecule has 0 atom stereocenters. The number of nitrogens with zero attached hydrogens (tertiary/aromatic N) is 1. The lowest BCUT2D eigenvalue weighted by Crippen LogP contribution is -2.46. The van der Waals surface area contributed by atoms with E-state index in [0.717, 1.165) is 0 Å². The third-order valence-corrected chi connectivity index (χ3v) is 3.74. The second kappa shape index (κ2) is 10.6. The van der Waals surface area contributed by atoms with Gasteiger partial charge in [-0.1, -0.05) is 30.3 Å². The minimum Gasteiger partial charge on any atom is -0.545 e. The van der Waals surface area contributed by atoms with Gasteiger partial charge in [-0.2, -0.15) is 0 Å². The lowest BCUT2D eigenvalue weighted by Gasteiger charge is -2.35.